The van der Waals surface area contributed by atoms with Crippen LogP contribution in [0.25, 0.3) is 0 Å². The maximum Gasteiger partial charge on any atom is 0.179 e. The van der Waals surface area contributed by atoms with Crippen molar-refractivity contribution in [2.24, 2.45) is 0 Å². The van der Waals surface area contributed by atoms with Gasteiger partial charge in [0.1, 0.15) is 5.69 Å². The molecule has 1 aromatic heterocycles. The predicted octanol–water partition coefficient (Wildman–Crippen LogP) is 1.44. The highest BCUT2D eigenvalue weighted by atomic mass is 16.5. The molecule has 1 aliphatic rings. The Labute approximate surface area is 81.9 Å². The molecular weight excluding hydrogens is 182 g/mol. The van der Waals surface area contributed by atoms with Gasteiger partial charge in [-0.3, -0.25) is 4.79 Å². The molecule has 0 saturated heterocycles. The summed E-state index contributed by atoms with van der Waals surface area (Å²) >= 11 is 0. The maximum atomic E-state index is 10.5. The van der Waals surface area contributed by atoms with Gasteiger partial charge in [0.25, 0.3) is 0 Å². The van der Waals surface area contributed by atoms with E-state index >= 15 is 0 Å². The van der Waals surface area contributed by atoms with Gasteiger partial charge < -0.3 is 9.47 Å². The van der Waals surface area contributed by atoms with Crippen LogP contribution in [0.5, 0.6) is 11.5 Å². The first-order chi connectivity index (χ1) is 6.83. The van der Waals surface area contributed by atoms with Crippen LogP contribution in [0.4, 0.5) is 0 Å². The second kappa shape index (κ2) is 3.65. The lowest BCUT2D eigenvalue weighted by molar-refractivity contribution is 0.111. The Hall–Kier alpha value is -1.58. The van der Waals surface area contributed by atoms with Crippen LogP contribution < -0.4 is 9.47 Å². The third kappa shape index (κ3) is 1.84. The van der Waals surface area contributed by atoms with Crippen molar-refractivity contribution in [3.63, 3.8) is 0 Å². The summed E-state index contributed by atoms with van der Waals surface area (Å²) < 4.78 is 10.6. The molecule has 0 aromatic carbocycles. The van der Waals surface area contributed by atoms with Gasteiger partial charge in [0.2, 0.25) is 0 Å². The van der Waals surface area contributed by atoms with Gasteiger partial charge in [-0.1, -0.05) is 0 Å². The van der Waals surface area contributed by atoms with Gasteiger partial charge in [-0.2, -0.15) is 0 Å². The molecule has 0 atom stereocenters. The van der Waals surface area contributed by atoms with E-state index in [1.165, 1.54) is 6.20 Å². The summed E-state index contributed by atoms with van der Waals surface area (Å²) in [6.07, 6.45) is 4.62. The van der Waals surface area contributed by atoms with Crippen LogP contribution in [0.3, 0.4) is 0 Å². The van der Waals surface area contributed by atoms with E-state index in [1.54, 1.807) is 13.2 Å². The summed E-state index contributed by atoms with van der Waals surface area (Å²) in [7, 11) is 1.55. The number of carbonyl (C=O) groups is 1. The summed E-state index contributed by atoms with van der Waals surface area (Å²) in [6, 6.07) is 1.60. The number of aldehydes is 1. The minimum Gasteiger partial charge on any atom is -0.491 e. The first-order valence-electron chi connectivity index (χ1n) is 4.49. The molecule has 14 heavy (non-hydrogen) atoms. The lowest BCUT2D eigenvalue weighted by Gasteiger charge is -2.09. The van der Waals surface area contributed by atoms with Crippen LogP contribution in [0.2, 0.25) is 0 Å². The molecule has 4 nitrogen and oxygen atoms in total. The fourth-order valence-corrected chi connectivity index (χ4v) is 1.11. The zero-order valence-corrected chi connectivity index (χ0v) is 7.90. The molecule has 1 heterocycles. The lowest BCUT2D eigenvalue weighted by atomic mass is 10.3. The van der Waals surface area contributed by atoms with Crippen LogP contribution in [-0.2, 0) is 0 Å². The summed E-state index contributed by atoms with van der Waals surface area (Å²) in [5.74, 6) is 1.18. The molecule has 0 spiro atoms. The van der Waals surface area contributed by atoms with Crippen molar-refractivity contribution >= 4 is 6.29 Å². The first-order valence-corrected chi connectivity index (χ1v) is 4.49. The number of carbonyl (C=O) groups excluding carboxylic acids is 1. The maximum absolute atomic E-state index is 10.5. The Bertz CT molecular complexity index is 347. The molecule has 1 fully saturated rings. The number of ether oxygens (including phenoxy) is 2. The second-order valence-electron chi connectivity index (χ2n) is 3.20. The summed E-state index contributed by atoms with van der Waals surface area (Å²) in [5.41, 5.74) is 0.362. The molecule has 4 heteroatoms. The minimum atomic E-state index is 0.283. The molecule has 0 radical (unpaired) electrons. The van der Waals surface area contributed by atoms with E-state index in [0.29, 0.717) is 23.5 Å². The van der Waals surface area contributed by atoms with E-state index in [0.717, 1.165) is 12.8 Å². The Kier molecular flexibility index (Phi) is 2.35. The third-order valence-electron chi connectivity index (χ3n) is 2.01. The van der Waals surface area contributed by atoms with Gasteiger partial charge in [-0.15, -0.1) is 0 Å². The topological polar surface area (TPSA) is 48.4 Å². The van der Waals surface area contributed by atoms with Crippen molar-refractivity contribution in [1.82, 2.24) is 4.98 Å². The zero-order chi connectivity index (χ0) is 9.97. The van der Waals surface area contributed by atoms with E-state index < -0.39 is 0 Å². The Morgan fingerprint density at radius 2 is 2.29 bits per heavy atom. The van der Waals surface area contributed by atoms with Crippen LogP contribution in [0, 0.1) is 0 Å². The Balaban J connectivity index is 2.26. The lowest BCUT2D eigenvalue weighted by Crippen LogP contribution is -2.00. The highest BCUT2D eigenvalue weighted by molar-refractivity contribution is 5.73. The Morgan fingerprint density at radius 1 is 1.50 bits per heavy atom. The molecule has 1 aliphatic carbocycles. The van der Waals surface area contributed by atoms with Gasteiger partial charge in [0, 0.05) is 6.07 Å². The summed E-state index contributed by atoms with van der Waals surface area (Å²) in [5, 5.41) is 0. The van der Waals surface area contributed by atoms with Crippen LogP contribution in [0.1, 0.15) is 23.3 Å². The molecule has 2 rings (SSSR count). The number of hydrogen-bond acceptors (Lipinski definition) is 4. The highest BCUT2D eigenvalue weighted by Gasteiger charge is 2.25. The van der Waals surface area contributed by atoms with Crippen molar-refractivity contribution in [3.05, 3.63) is 18.0 Å². The predicted molar refractivity (Wildman–Crippen MR) is 49.8 cm³/mol. The Morgan fingerprint density at radius 3 is 2.86 bits per heavy atom. The van der Waals surface area contributed by atoms with E-state index in [4.69, 9.17) is 9.47 Å². The minimum absolute atomic E-state index is 0.283. The molecule has 0 bridgehead atoms. The van der Waals surface area contributed by atoms with Crippen molar-refractivity contribution in [1.29, 1.82) is 0 Å². The monoisotopic (exact) mass is 193 g/mol. The number of aromatic nitrogens is 1. The summed E-state index contributed by atoms with van der Waals surface area (Å²) in [6.45, 7) is 0. The van der Waals surface area contributed by atoms with Gasteiger partial charge in [0.05, 0.1) is 19.4 Å². The van der Waals surface area contributed by atoms with Gasteiger partial charge in [-0.05, 0) is 12.8 Å². The fourth-order valence-electron chi connectivity index (χ4n) is 1.11. The van der Waals surface area contributed by atoms with E-state index in [2.05, 4.69) is 4.98 Å². The molecule has 0 unspecified atom stereocenters. The van der Waals surface area contributed by atoms with Gasteiger partial charge in [0.15, 0.2) is 17.8 Å². The quantitative estimate of drug-likeness (QED) is 0.679. The average Bonchev–Trinajstić information content (AvgIpc) is 3.01. The SMILES string of the molecule is COc1cnc(C=O)cc1OC1CC1. The number of nitrogens with zero attached hydrogens (tertiary/aromatic N) is 1. The fraction of sp³-hybridized carbons (Fsp3) is 0.400. The molecule has 0 N–H and O–H groups in total. The molecular formula is C10H11NO3. The zero-order valence-electron chi connectivity index (χ0n) is 7.90. The number of rotatable bonds is 4. The molecule has 1 aromatic rings. The van der Waals surface area contributed by atoms with Crippen molar-refractivity contribution in [2.45, 2.75) is 18.9 Å². The third-order valence-corrected chi connectivity index (χ3v) is 2.01. The van der Waals surface area contributed by atoms with Gasteiger partial charge >= 0.3 is 0 Å². The largest absolute Gasteiger partial charge is 0.491 e. The smallest absolute Gasteiger partial charge is 0.179 e. The van der Waals surface area contributed by atoms with Crippen molar-refractivity contribution in [2.75, 3.05) is 7.11 Å². The molecule has 74 valence electrons. The van der Waals surface area contributed by atoms with E-state index in [-0.39, 0.29) is 6.10 Å². The van der Waals surface area contributed by atoms with E-state index in [1.807, 2.05) is 0 Å². The number of pyridine rings is 1. The van der Waals surface area contributed by atoms with Gasteiger partial charge in [-0.25, -0.2) is 4.98 Å². The molecule has 0 aliphatic heterocycles. The average molecular weight is 193 g/mol. The summed E-state index contributed by atoms with van der Waals surface area (Å²) in [4.78, 5) is 14.4. The first kappa shape index (κ1) is 8.99. The van der Waals surface area contributed by atoms with Crippen LogP contribution >= 0.6 is 0 Å². The van der Waals surface area contributed by atoms with Crippen molar-refractivity contribution < 1.29 is 14.3 Å². The van der Waals surface area contributed by atoms with Crippen LogP contribution in [-0.4, -0.2) is 24.5 Å². The number of methoxy groups -OCH3 is 1. The molecule has 0 amide bonds. The van der Waals surface area contributed by atoms with E-state index in [9.17, 15) is 4.79 Å². The highest BCUT2D eigenvalue weighted by Crippen LogP contribution is 2.32. The standard InChI is InChI=1S/C10H11NO3/c1-13-10-5-11-7(6-12)4-9(10)14-8-2-3-8/h4-6,8H,2-3H2,1H3. The second-order valence-corrected chi connectivity index (χ2v) is 3.20. The van der Waals surface area contributed by atoms with Crippen molar-refractivity contribution in [3.8, 4) is 11.5 Å². The van der Waals surface area contributed by atoms with Crippen LogP contribution in [0.15, 0.2) is 12.3 Å². The normalized spacial score (nSPS) is 14.9. The number of hydrogen-bond donors (Lipinski definition) is 0. The molecule has 1 saturated carbocycles.